The van der Waals surface area contributed by atoms with Crippen LogP contribution in [0.4, 0.5) is 0 Å². The molecule has 30 heavy (non-hydrogen) atoms. The van der Waals surface area contributed by atoms with Crippen LogP contribution in [0.15, 0.2) is 40.8 Å². The molecule has 2 amide bonds. The van der Waals surface area contributed by atoms with Crippen LogP contribution in [-0.2, 0) is 4.79 Å². The summed E-state index contributed by atoms with van der Waals surface area (Å²) >= 11 is 0. The standard InChI is InChI=1S/C24H29N3O3/c1-3-16(2)26-24(29)22(19-7-5-4-6-8-19)27-23(28)21-14-13-20(30-21)18-11-9-17(15-25)10-12-18/h9-14,16,19,22H,3-8H2,1-2H3,(H,26,29)(H,27,28)/t16?,22-/m0/s1. The molecule has 1 aromatic heterocycles. The van der Waals surface area contributed by atoms with Gasteiger partial charge < -0.3 is 15.1 Å². The van der Waals surface area contributed by atoms with Gasteiger partial charge in [0.25, 0.3) is 5.91 Å². The van der Waals surface area contributed by atoms with E-state index in [0.717, 1.165) is 37.7 Å². The van der Waals surface area contributed by atoms with E-state index in [1.807, 2.05) is 13.8 Å². The molecule has 6 heteroatoms. The maximum absolute atomic E-state index is 12.9. The Hall–Kier alpha value is -3.07. The molecule has 6 nitrogen and oxygen atoms in total. The highest BCUT2D eigenvalue weighted by atomic mass is 16.3. The average Bonchev–Trinajstić information content (AvgIpc) is 3.28. The summed E-state index contributed by atoms with van der Waals surface area (Å²) in [5.74, 6) is 0.349. The zero-order chi connectivity index (χ0) is 21.5. The van der Waals surface area contributed by atoms with Crippen molar-refractivity contribution < 1.29 is 14.0 Å². The highest BCUT2D eigenvalue weighted by Gasteiger charge is 2.32. The van der Waals surface area contributed by atoms with Crippen molar-refractivity contribution in [1.29, 1.82) is 5.26 Å². The number of carbonyl (C=O) groups excluding carboxylic acids is 2. The second-order valence-electron chi connectivity index (χ2n) is 8.02. The molecule has 3 rings (SSSR count). The van der Waals surface area contributed by atoms with Gasteiger partial charge in [-0.3, -0.25) is 9.59 Å². The third-order valence-electron chi connectivity index (χ3n) is 5.82. The van der Waals surface area contributed by atoms with Crippen LogP contribution in [0.25, 0.3) is 11.3 Å². The summed E-state index contributed by atoms with van der Waals surface area (Å²) in [4.78, 5) is 25.8. The van der Waals surface area contributed by atoms with Gasteiger partial charge in [-0.15, -0.1) is 0 Å². The van der Waals surface area contributed by atoms with Gasteiger partial charge in [-0.1, -0.05) is 26.2 Å². The van der Waals surface area contributed by atoms with Gasteiger partial charge in [0, 0.05) is 11.6 Å². The first kappa shape index (κ1) is 21.6. The Morgan fingerprint density at radius 2 is 1.80 bits per heavy atom. The molecule has 0 spiro atoms. The van der Waals surface area contributed by atoms with Crippen molar-refractivity contribution in [3.05, 3.63) is 47.7 Å². The Bertz CT molecular complexity index is 905. The molecule has 2 N–H and O–H groups in total. The third kappa shape index (κ3) is 5.29. The smallest absolute Gasteiger partial charge is 0.287 e. The molecule has 0 aliphatic heterocycles. The van der Waals surface area contributed by atoms with E-state index in [4.69, 9.17) is 9.68 Å². The Morgan fingerprint density at radius 3 is 2.43 bits per heavy atom. The predicted molar refractivity (Wildman–Crippen MR) is 115 cm³/mol. The highest BCUT2D eigenvalue weighted by Crippen LogP contribution is 2.28. The molecule has 0 bridgehead atoms. The molecule has 2 atom stereocenters. The molecule has 1 fully saturated rings. The fraction of sp³-hybridized carbons (Fsp3) is 0.458. The Labute approximate surface area is 177 Å². The van der Waals surface area contributed by atoms with E-state index in [-0.39, 0.29) is 29.5 Å². The molecule has 2 aromatic rings. The summed E-state index contributed by atoms with van der Waals surface area (Å²) in [6, 6.07) is 11.9. The van der Waals surface area contributed by atoms with Crippen LogP contribution in [-0.4, -0.2) is 23.9 Å². The number of carbonyl (C=O) groups is 2. The molecule has 1 heterocycles. The lowest BCUT2D eigenvalue weighted by Gasteiger charge is -2.30. The minimum atomic E-state index is -0.560. The van der Waals surface area contributed by atoms with E-state index in [1.54, 1.807) is 36.4 Å². The van der Waals surface area contributed by atoms with Crippen LogP contribution < -0.4 is 10.6 Å². The first-order valence-corrected chi connectivity index (χ1v) is 10.7. The molecule has 1 aliphatic carbocycles. The van der Waals surface area contributed by atoms with Crippen LogP contribution in [0.3, 0.4) is 0 Å². The van der Waals surface area contributed by atoms with E-state index >= 15 is 0 Å². The first-order valence-electron chi connectivity index (χ1n) is 10.7. The van der Waals surface area contributed by atoms with Crippen molar-refractivity contribution in [3.63, 3.8) is 0 Å². The van der Waals surface area contributed by atoms with Gasteiger partial charge in [0.2, 0.25) is 5.91 Å². The van der Waals surface area contributed by atoms with E-state index in [0.29, 0.717) is 11.3 Å². The molecule has 158 valence electrons. The minimum absolute atomic E-state index is 0.0621. The van der Waals surface area contributed by atoms with Gasteiger partial charge in [-0.2, -0.15) is 5.26 Å². The fourth-order valence-corrected chi connectivity index (χ4v) is 3.84. The largest absolute Gasteiger partial charge is 0.451 e. The number of rotatable bonds is 7. The number of hydrogen-bond acceptors (Lipinski definition) is 4. The molecule has 0 radical (unpaired) electrons. The number of amides is 2. The lowest BCUT2D eigenvalue weighted by molar-refractivity contribution is -0.125. The molecule has 1 unspecified atom stereocenters. The summed E-state index contributed by atoms with van der Waals surface area (Å²) in [6.07, 6.45) is 6.05. The third-order valence-corrected chi connectivity index (χ3v) is 5.82. The van der Waals surface area contributed by atoms with Gasteiger partial charge in [0.15, 0.2) is 5.76 Å². The maximum Gasteiger partial charge on any atom is 0.287 e. The predicted octanol–water partition coefficient (Wildman–Crippen LogP) is 4.41. The van der Waals surface area contributed by atoms with Crippen molar-refractivity contribution in [2.24, 2.45) is 5.92 Å². The van der Waals surface area contributed by atoms with Crippen molar-refractivity contribution in [2.45, 2.75) is 64.5 Å². The summed E-state index contributed by atoms with van der Waals surface area (Å²) in [5, 5.41) is 14.9. The van der Waals surface area contributed by atoms with Crippen molar-refractivity contribution >= 4 is 11.8 Å². The SMILES string of the molecule is CCC(C)NC(=O)[C@@H](NC(=O)c1ccc(-c2ccc(C#N)cc2)o1)C1CCCCC1. The molecular formula is C24H29N3O3. The van der Waals surface area contributed by atoms with Crippen LogP contribution in [0.5, 0.6) is 0 Å². The molecular weight excluding hydrogens is 378 g/mol. The second kappa shape index (κ2) is 10.1. The molecule has 1 aromatic carbocycles. The molecule has 1 aliphatic rings. The highest BCUT2D eigenvalue weighted by molar-refractivity contribution is 5.96. The summed E-state index contributed by atoms with van der Waals surface area (Å²) in [6.45, 7) is 3.99. The molecule has 0 saturated heterocycles. The van der Waals surface area contributed by atoms with Crippen LogP contribution in [0.2, 0.25) is 0 Å². The Kier molecular flexibility index (Phi) is 7.29. The second-order valence-corrected chi connectivity index (χ2v) is 8.02. The average molecular weight is 408 g/mol. The number of furan rings is 1. The number of nitrogens with one attached hydrogen (secondary N) is 2. The van der Waals surface area contributed by atoms with E-state index < -0.39 is 6.04 Å². The minimum Gasteiger partial charge on any atom is -0.451 e. The topological polar surface area (TPSA) is 95.1 Å². The lowest BCUT2D eigenvalue weighted by Crippen LogP contribution is -2.53. The monoisotopic (exact) mass is 407 g/mol. The lowest BCUT2D eigenvalue weighted by atomic mass is 9.83. The first-order chi connectivity index (χ1) is 14.5. The number of hydrogen-bond donors (Lipinski definition) is 2. The Balaban J connectivity index is 1.73. The van der Waals surface area contributed by atoms with Crippen molar-refractivity contribution in [2.75, 3.05) is 0 Å². The summed E-state index contributed by atoms with van der Waals surface area (Å²) in [7, 11) is 0. The van der Waals surface area contributed by atoms with Gasteiger partial charge >= 0.3 is 0 Å². The number of nitriles is 1. The van der Waals surface area contributed by atoms with E-state index in [1.165, 1.54) is 6.42 Å². The van der Waals surface area contributed by atoms with Crippen LogP contribution in [0, 0.1) is 17.2 Å². The fourth-order valence-electron chi connectivity index (χ4n) is 3.84. The van der Waals surface area contributed by atoms with Crippen molar-refractivity contribution in [3.8, 4) is 17.4 Å². The quantitative estimate of drug-likeness (QED) is 0.711. The maximum atomic E-state index is 12.9. The van der Waals surface area contributed by atoms with Gasteiger partial charge in [0.1, 0.15) is 11.8 Å². The van der Waals surface area contributed by atoms with E-state index in [9.17, 15) is 9.59 Å². The number of benzene rings is 1. The van der Waals surface area contributed by atoms with Gasteiger partial charge in [-0.05, 0) is 68.5 Å². The zero-order valence-electron chi connectivity index (χ0n) is 17.6. The van der Waals surface area contributed by atoms with Crippen LogP contribution >= 0.6 is 0 Å². The summed E-state index contributed by atoms with van der Waals surface area (Å²) in [5.41, 5.74) is 1.34. The summed E-state index contributed by atoms with van der Waals surface area (Å²) < 4.78 is 5.75. The Morgan fingerprint density at radius 1 is 1.10 bits per heavy atom. The van der Waals surface area contributed by atoms with E-state index in [2.05, 4.69) is 16.7 Å². The van der Waals surface area contributed by atoms with Crippen molar-refractivity contribution in [1.82, 2.24) is 10.6 Å². The zero-order valence-corrected chi connectivity index (χ0v) is 17.6. The normalized spacial score (nSPS) is 16.3. The van der Waals surface area contributed by atoms with Gasteiger partial charge in [-0.25, -0.2) is 0 Å². The van der Waals surface area contributed by atoms with Gasteiger partial charge in [0.05, 0.1) is 11.6 Å². The number of nitrogens with zero attached hydrogens (tertiary/aromatic N) is 1. The van der Waals surface area contributed by atoms with Crippen LogP contribution in [0.1, 0.15) is 68.5 Å². The molecule has 1 saturated carbocycles.